The predicted molar refractivity (Wildman–Crippen MR) is 92.6 cm³/mol. The third-order valence-corrected chi connectivity index (χ3v) is 6.29. The molecule has 3 aliphatic rings. The molecule has 2 unspecified atom stereocenters. The smallest absolute Gasteiger partial charge is 0.265 e. The molecule has 27 heavy (non-hydrogen) atoms. The van der Waals surface area contributed by atoms with E-state index in [0.29, 0.717) is 0 Å². The fourth-order valence-electron chi connectivity index (χ4n) is 5.25. The highest BCUT2D eigenvalue weighted by molar-refractivity contribution is 5.52. The van der Waals surface area contributed by atoms with Crippen LogP contribution in [0.5, 0.6) is 0 Å². The predicted octanol–water partition coefficient (Wildman–Crippen LogP) is 0.322. The molecule has 0 N–H and O–H groups in total. The normalized spacial score (nSPS) is 21.4. The molecule has 0 fully saturated rings. The summed E-state index contributed by atoms with van der Waals surface area (Å²) in [5.74, 6) is 1.37. The van der Waals surface area contributed by atoms with Gasteiger partial charge in [0, 0.05) is 28.1 Å². The third kappa shape index (κ3) is 1.90. The summed E-state index contributed by atoms with van der Waals surface area (Å²) in [6, 6.07) is 13.2. The van der Waals surface area contributed by atoms with Crippen molar-refractivity contribution in [3.05, 3.63) is 95.9 Å². The summed E-state index contributed by atoms with van der Waals surface area (Å²) < 4.78 is 15.4. The van der Waals surface area contributed by atoms with Gasteiger partial charge in [-0.3, -0.25) is 0 Å². The zero-order valence-corrected chi connectivity index (χ0v) is 15.5. The Kier molecular flexibility index (Phi) is 3.40. The van der Waals surface area contributed by atoms with Crippen molar-refractivity contribution in [1.29, 1.82) is 0 Å². The second-order valence-electron chi connectivity index (χ2n) is 7.30. The molecule has 2 aliphatic heterocycles. The molecule has 7 rings (SSSR count). The van der Waals surface area contributed by atoms with E-state index >= 15 is 0 Å². The van der Waals surface area contributed by atoms with Gasteiger partial charge in [-0.15, -0.1) is 4.68 Å². The summed E-state index contributed by atoms with van der Waals surface area (Å²) in [5.41, 5.74) is 4.92. The lowest BCUT2D eigenvalue weighted by Crippen LogP contribution is -3.00. The summed E-state index contributed by atoms with van der Waals surface area (Å²) in [5, 5.41) is 4.58. The number of furan rings is 2. The minimum Gasteiger partial charge on any atom is -1.00 e. The van der Waals surface area contributed by atoms with Crippen molar-refractivity contribution >= 4 is 0 Å². The molecule has 1 aromatic carbocycles. The summed E-state index contributed by atoms with van der Waals surface area (Å²) >= 11 is 0. The summed E-state index contributed by atoms with van der Waals surface area (Å²) in [6.45, 7) is 0. The van der Waals surface area contributed by atoms with Gasteiger partial charge >= 0.3 is 0 Å². The highest BCUT2D eigenvalue weighted by atomic mass is 35.5. The average molecular weight is 380 g/mol. The minimum absolute atomic E-state index is 0. The Labute approximate surface area is 162 Å². The Balaban J connectivity index is 0.00000160. The van der Waals surface area contributed by atoms with Gasteiger partial charge in [-0.25, -0.2) is 4.57 Å². The fraction of sp³-hybridized carbons (Fsp3) is 0.238. The molecule has 5 heterocycles. The first-order chi connectivity index (χ1) is 12.8. The van der Waals surface area contributed by atoms with Crippen molar-refractivity contribution in [3.63, 3.8) is 0 Å². The largest absolute Gasteiger partial charge is 1.00 e. The van der Waals surface area contributed by atoms with Gasteiger partial charge in [0.05, 0.1) is 38.0 Å². The van der Waals surface area contributed by atoms with Gasteiger partial charge in [-0.05, 0) is 23.3 Å². The van der Waals surface area contributed by atoms with E-state index in [1.165, 1.54) is 28.1 Å². The lowest BCUT2D eigenvalue weighted by molar-refractivity contribution is -0.733. The first kappa shape index (κ1) is 16.4. The van der Waals surface area contributed by atoms with Gasteiger partial charge in [0.1, 0.15) is 6.04 Å². The van der Waals surface area contributed by atoms with Crippen molar-refractivity contribution in [2.75, 3.05) is 0 Å². The summed E-state index contributed by atoms with van der Waals surface area (Å²) in [6.07, 6.45) is 10.2. The molecule has 2 bridgehead atoms. The third-order valence-electron chi connectivity index (χ3n) is 6.29. The van der Waals surface area contributed by atoms with Crippen LogP contribution in [0.4, 0.5) is 0 Å². The Morgan fingerprint density at radius 1 is 1.04 bits per heavy atom. The van der Waals surface area contributed by atoms with Crippen molar-refractivity contribution in [2.45, 2.75) is 23.8 Å². The SMILES string of the molecule is Cn1nc[n+]2c1C1c3ccccc3C2CC1(c1ccoc1)c1ccoc1.[Cl-]. The van der Waals surface area contributed by atoms with Gasteiger partial charge in [0.25, 0.3) is 6.33 Å². The molecular weight excluding hydrogens is 362 g/mol. The van der Waals surface area contributed by atoms with Crippen LogP contribution in [-0.2, 0) is 12.5 Å². The van der Waals surface area contributed by atoms with Crippen molar-refractivity contribution in [2.24, 2.45) is 7.05 Å². The van der Waals surface area contributed by atoms with E-state index in [9.17, 15) is 0 Å². The van der Waals surface area contributed by atoms with E-state index in [1.54, 1.807) is 12.5 Å². The number of rotatable bonds is 2. The van der Waals surface area contributed by atoms with E-state index in [0.717, 1.165) is 6.42 Å². The van der Waals surface area contributed by atoms with E-state index < -0.39 is 0 Å². The molecule has 5 nitrogen and oxygen atoms in total. The Bertz CT molecular complexity index is 1060. The molecule has 1 aliphatic carbocycles. The molecule has 0 amide bonds. The van der Waals surface area contributed by atoms with Gasteiger partial charge in [0.15, 0.2) is 0 Å². The van der Waals surface area contributed by atoms with Gasteiger partial charge in [0.2, 0.25) is 5.82 Å². The van der Waals surface area contributed by atoms with E-state index in [1.807, 2.05) is 30.6 Å². The van der Waals surface area contributed by atoms with Gasteiger partial charge in [-0.1, -0.05) is 24.3 Å². The molecule has 0 saturated carbocycles. The lowest BCUT2D eigenvalue weighted by atomic mass is 9.55. The number of hydrogen-bond acceptors (Lipinski definition) is 3. The van der Waals surface area contributed by atoms with Crippen LogP contribution in [0, 0.1) is 0 Å². The summed E-state index contributed by atoms with van der Waals surface area (Å²) in [7, 11) is 2.03. The number of fused-ring (bicyclic) bond motifs is 1. The van der Waals surface area contributed by atoms with E-state index in [-0.39, 0.29) is 29.8 Å². The van der Waals surface area contributed by atoms with Crippen LogP contribution in [0.1, 0.15) is 46.5 Å². The highest BCUT2D eigenvalue weighted by Crippen LogP contribution is 2.59. The maximum Gasteiger partial charge on any atom is 0.265 e. The number of nitrogens with zero attached hydrogens (tertiary/aromatic N) is 3. The Morgan fingerprint density at radius 2 is 1.70 bits per heavy atom. The molecule has 3 aromatic heterocycles. The molecule has 0 spiro atoms. The number of hydrogen-bond donors (Lipinski definition) is 0. The zero-order chi connectivity index (χ0) is 17.3. The average Bonchev–Trinajstić information content (AvgIpc) is 3.44. The quantitative estimate of drug-likeness (QED) is 0.471. The number of aromatic nitrogens is 3. The van der Waals surface area contributed by atoms with E-state index in [4.69, 9.17) is 8.83 Å². The maximum absolute atomic E-state index is 5.53. The molecule has 0 radical (unpaired) electrons. The first-order valence-electron chi connectivity index (χ1n) is 8.88. The van der Waals surface area contributed by atoms with Gasteiger partial charge < -0.3 is 21.2 Å². The topological polar surface area (TPSA) is 48.0 Å². The molecule has 4 aromatic rings. The molecule has 136 valence electrons. The Morgan fingerprint density at radius 3 is 2.33 bits per heavy atom. The van der Waals surface area contributed by atoms with Crippen LogP contribution in [0.2, 0.25) is 0 Å². The molecule has 0 saturated heterocycles. The molecular formula is C21H18ClN3O2. The summed E-state index contributed by atoms with van der Waals surface area (Å²) in [4.78, 5) is 0. The number of halogens is 1. The molecule has 2 atom stereocenters. The monoisotopic (exact) mass is 379 g/mol. The maximum atomic E-state index is 5.53. The number of benzene rings is 1. The van der Waals surface area contributed by atoms with Crippen LogP contribution in [-0.4, -0.2) is 9.78 Å². The second kappa shape index (κ2) is 5.60. The zero-order valence-electron chi connectivity index (χ0n) is 14.7. The first-order valence-corrected chi connectivity index (χ1v) is 8.88. The van der Waals surface area contributed by atoms with Gasteiger partial charge in [-0.2, -0.15) is 0 Å². The standard InChI is InChI=1S/C21H18N3O2.ClH/c1-23-20-19-17-5-3-2-4-16(17)18(24(20)13-22-23)10-21(19,14-6-8-25-11-14)15-7-9-26-12-15;/h2-9,11-13,18-19H,10H2,1H3;1H/q+1;/p-1. The Hall–Kier alpha value is -2.79. The highest BCUT2D eigenvalue weighted by Gasteiger charge is 2.59. The lowest BCUT2D eigenvalue weighted by Gasteiger charge is -2.49. The number of aryl methyl sites for hydroxylation is 1. The van der Waals surface area contributed by atoms with Crippen LogP contribution in [0.3, 0.4) is 0 Å². The van der Waals surface area contributed by atoms with Crippen LogP contribution >= 0.6 is 0 Å². The molecule has 6 heteroatoms. The van der Waals surface area contributed by atoms with Crippen molar-refractivity contribution in [1.82, 2.24) is 9.78 Å². The minimum atomic E-state index is -0.229. The second-order valence-corrected chi connectivity index (χ2v) is 7.30. The van der Waals surface area contributed by atoms with Crippen LogP contribution in [0.15, 0.2) is 76.6 Å². The van der Waals surface area contributed by atoms with Crippen molar-refractivity contribution in [3.8, 4) is 0 Å². The van der Waals surface area contributed by atoms with Crippen molar-refractivity contribution < 1.29 is 25.8 Å². The van der Waals surface area contributed by atoms with Crippen LogP contribution in [0.25, 0.3) is 0 Å². The fourth-order valence-corrected chi connectivity index (χ4v) is 5.25. The van der Waals surface area contributed by atoms with Crippen LogP contribution < -0.4 is 17.0 Å². The van der Waals surface area contributed by atoms with E-state index in [2.05, 4.69) is 46.1 Å².